The number of fused-ring (bicyclic) bond motifs is 1. The molecule has 8 nitrogen and oxygen atoms in total. The molecule has 41 heavy (non-hydrogen) atoms. The summed E-state index contributed by atoms with van der Waals surface area (Å²) in [6, 6.07) is 11.4. The molecule has 0 aliphatic rings. The van der Waals surface area contributed by atoms with Crippen molar-refractivity contribution >= 4 is 55.9 Å². The van der Waals surface area contributed by atoms with Crippen molar-refractivity contribution in [2.45, 2.75) is 50.3 Å². The standard InChI is InChI=1S/C27H26ClF3N4O4S2/c1-25(2,3)41(39)35-22(21-17(28)8-9-20(33-21)34-24(36)37)19-12-14-6-5-7-16(23(14)40-19)18-13-15(10-11-32-18)26(4,38)27(29,30)31/h5-13,22,35,38H,1-4H3,(H,33,34)(H,36,37)/t22-,26-,41?/m0/s1. The number of carboxylic acid groups (broad SMARTS) is 1. The first-order valence-electron chi connectivity index (χ1n) is 12.1. The summed E-state index contributed by atoms with van der Waals surface area (Å²) in [7, 11) is -1.60. The zero-order chi connectivity index (χ0) is 30.3. The Kier molecular flexibility index (Phi) is 8.50. The predicted molar refractivity (Wildman–Crippen MR) is 154 cm³/mol. The Hall–Kier alpha value is -3.10. The molecule has 1 unspecified atom stereocenters. The average Bonchev–Trinajstić information content (AvgIpc) is 3.31. The van der Waals surface area contributed by atoms with Crippen LogP contribution in [-0.4, -0.2) is 41.4 Å². The van der Waals surface area contributed by atoms with E-state index < -0.39 is 39.6 Å². The number of halogens is 4. The molecule has 0 aliphatic heterocycles. The summed E-state index contributed by atoms with van der Waals surface area (Å²) in [6.07, 6.45) is -5.01. The highest BCUT2D eigenvalue weighted by Crippen LogP contribution is 2.42. The molecule has 1 amide bonds. The average molecular weight is 627 g/mol. The Morgan fingerprint density at radius 1 is 1.10 bits per heavy atom. The number of rotatable bonds is 7. The van der Waals surface area contributed by atoms with E-state index in [2.05, 4.69) is 20.0 Å². The van der Waals surface area contributed by atoms with Crippen molar-refractivity contribution in [2.24, 2.45) is 0 Å². The van der Waals surface area contributed by atoms with E-state index in [1.54, 1.807) is 32.9 Å². The summed E-state index contributed by atoms with van der Waals surface area (Å²) in [5.41, 5.74) is -2.47. The maximum Gasteiger partial charge on any atom is 0.421 e. The zero-order valence-electron chi connectivity index (χ0n) is 22.2. The normalized spacial score (nSPS) is 15.3. The number of nitrogens with zero attached hydrogens (tertiary/aromatic N) is 2. The number of nitrogens with one attached hydrogen (secondary N) is 2. The largest absolute Gasteiger partial charge is 0.465 e. The fraction of sp³-hybridized carbons (Fsp3) is 0.296. The van der Waals surface area contributed by atoms with Gasteiger partial charge in [-0.15, -0.1) is 11.3 Å². The zero-order valence-corrected chi connectivity index (χ0v) is 24.6. The number of benzene rings is 1. The number of amides is 1. The van der Waals surface area contributed by atoms with E-state index in [9.17, 15) is 27.3 Å². The topological polar surface area (TPSA) is 124 Å². The molecule has 3 atom stereocenters. The van der Waals surface area contributed by atoms with E-state index in [-0.39, 0.29) is 27.8 Å². The lowest BCUT2D eigenvalue weighted by atomic mass is 9.94. The Bertz CT molecular complexity index is 1640. The molecule has 0 saturated carbocycles. The number of hydrogen-bond acceptors (Lipinski definition) is 6. The SMILES string of the molecule is CC(C)(C)S(=O)N[C@@H](c1cc2cccc(-c3cc([C@](C)(O)C(F)(F)F)ccn3)c2s1)c1nc(NC(=O)O)ccc1Cl. The third-order valence-electron chi connectivity index (χ3n) is 6.16. The molecule has 3 aromatic heterocycles. The van der Waals surface area contributed by atoms with Gasteiger partial charge in [0.25, 0.3) is 0 Å². The molecular weight excluding hydrogens is 601 g/mol. The predicted octanol–water partition coefficient (Wildman–Crippen LogP) is 7.01. The van der Waals surface area contributed by atoms with Crippen LogP contribution >= 0.6 is 22.9 Å². The number of aromatic nitrogens is 2. The van der Waals surface area contributed by atoms with Gasteiger partial charge in [0.2, 0.25) is 0 Å². The minimum atomic E-state index is -4.90. The smallest absolute Gasteiger partial charge is 0.421 e. The van der Waals surface area contributed by atoms with Crippen molar-refractivity contribution in [3.63, 3.8) is 0 Å². The van der Waals surface area contributed by atoms with Crippen molar-refractivity contribution in [3.8, 4) is 11.3 Å². The second-order valence-corrected chi connectivity index (χ2v) is 13.8. The molecule has 0 bridgehead atoms. The molecule has 0 spiro atoms. The van der Waals surface area contributed by atoms with Crippen LogP contribution in [0.15, 0.2) is 54.7 Å². The lowest BCUT2D eigenvalue weighted by Crippen LogP contribution is -2.39. The third kappa shape index (κ3) is 6.54. The van der Waals surface area contributed by atoms with Crippen LogP contribution in [0.1, 0.15) is 49.9 Å². The van der Waals surface area contributed by atoms with E-state index in [1.807, 2.05) is 12.1 Å². The molecule has 14 heteroatoms. The van der Waals surface area contributed by atoms with Gasteiger partial charge in [-0.3, -0.25) is 10.3 Å². The lowest BCUT2D eigenvalue weighted by molar-refractivity contribution is -0.258. The summed E-state index contributed by atoms with van der Waals surface area (Å²) >= 11 is 7.76. The van der Waals surface area contributed by atoms with Crippen LogP contribution in [0.2, 0.25) is 5.02 Å². The van der Waals surface area contributed by atoms with Crippen molar-refractivity contribution in [1.82, 2.24) is 14.7 Å². The van der Waals surface area contributed by atoms with E-state index >= 15 is 0 Å². The van der Waals surface area contributed by atoms with E-state index in [4.69, 9.17) is 16.7 Å². The summed E-state index contributed by atoms with van der Waals surface area (Å²) < 4.78 is 56.8. The molecule has 0 fully saturated rings. The number of alkyl halides is 3. The van der Waals surface area contributed by atoms with Gasteiger partial charge in [-0.25, -0.2) is 18.7 Å². The Labute approximate surface area is 245 Å². The molecule has 0 aliphatic carbocycles. The Balaban J connectivity index is 1.87. The van der Waals surface area contributed by atoms with Crippen LogP contribution in [0.5, 0.6) is 0 Å². The van der Waals surface area contributed by atoms with Gasteiger partial charge in [-0.2, -0.15) is 13.2 Å². The van der Waals surface area contributed by atoms with Crippen molar-refractivity contribution in [2.75, 3.05) is 5.32 Å². The molecule has 0 radical (unpaired) electrons. The number of hydrogen-bond donors (Lipinski definition) is 4. The lowest BCUT2D eigenvalue weighted by Gasteiger charge is -2.26. The van der Waals surface area contributed by atoms with Crippen LogP contribution < -0.4 is 10.0 Å². The van der Waals surface area contributed by atoms with Crippen molar-refractivity contribution in [1.29, 1.82) is 0 Å². The quantitative estimate of drug-likeness (QED) is 0.175. The number of aliphatic hydroxyl groups is 1. The van der Waals surface area contributed by atoms with E-state index in [1.165, 1.54) is 35.7 Å². The van der Waals surface area contributed by atoms with Gasteiger partial charge in [-0.1, -0.05) is 29.8 Å². The number of carbonyl (C=O) groups is 1. The van der Waals surface area contributed by atoms with Gasteiger partial charge in [0.15, 0.2) is 5.60 Å². The van der Waals surface area contributed by atoms with Gasteiger partial charge in [0.05, 0.1) is 38.2 Å². The third-order valence-corrected chi connectivity index (χ3v) is 9.29. The van der Waals surface area contributed by atoms with Crippen molar-refractivity contribution < 1.29 is 32.4 Å². The van der Waals surface area contributed by atoms with Gasteiger partial charge in [-0.05, 0) is 69.0 Å². The van der Waals surface area contributed by atoms with Crippen LogP contribution in [0.25, 0.3) is 21.3 Å². The number of pyridine rings is 2. The van der Waals surface area contributed by atoms with Crippen molar-refractivity contribution in [3.05, 3.63) is 75.9 Å². The number of anilines is 1. The first-order valence-corrected chi connectivity index (χ1v) is 14.5. The molecule has 4 N–H and O–H groups in total. The van der Waals surface area contributed by atoms with Crippen LogP contribution in [0, 0.1) is 0 Å². The van der Waals surface area contributed by atoms with Crippen LogP contribution in [-0.2, 0) is 16.6 Å². The van der Waals surface area contributed by atoms with Crippen LogP contribution in [0.3, 0.4) is 0 Å². The molecular formula is C27H26ClF3N4O4S2. The minimum absolute atomic E-state index is 0.0183. The second kappa shape index (κ2) is 11.3. The Morgan fingerprint density at radius 3 is 2.44 bits per heavy atom. The molecule has 218 valence electrons. The summed E-state index contributed by atoms with van der Waals surface area (Å²) in [5, 5.41) is 22.5. The maximum absolute atomic E-state index is 13.5. The van der Waals surface area contributed by atoms with Gasteiger partial charge in [0, 0.05) is 21.3 Å². The highest BCUT2D eigenvalue weighted by molar-refractivity contribution is 7.84. The van der Waals surface area contributed by atoms with Gasteiger partial charge < -0.3 is 10.2 Å². The van der Waals surface area contributed by atoms with Gasteiger partial charge in [0.1, 0.15) is 5.82 Å². The molecule has 4 aromatic rings. The molecule has 3 heterocycles. The first kappa shape index (κ1) is 30.8. The fourth-order valence-electron chi connectivity index (χ4n) is 3.84. The number of thiophene rings is 1. The maximum atomic E-state index is 13.5. The first-order chi connectivity index (χ1) is 19.0. The van der Waals surface area contributed by atoms with E-state index in [0.29, 0.717) is 22.1 Å². The highest BCUT2D eigenvalue weighted by atomic mass is 35.5. The molecule has 4 rings (SSSR count). The summed E-state index contributed by atoms with van der Waals surface area (Å²) in [4.78, 5) is 20.5. The highest BCUT2D eigenvalue weighted by Gasteiger charge is 2.51. The van der Waals surface area contributed by atoms with E-state index in [0.717, 1.165) is 11.5 Å². The van der Waals surface area contributed by atoms with Gasteiger partial charge >= 0.3 is 12.3 Å². The second-order valence-electron chi connectivity index (χ2n) is 10.3. The van der Waals surface area contributed by atoms with Crippen LogP contribution in [0.4, 0.5) is 23.8 Å². The Morgan fingerprint density at radius 2 is 1.80 bits per heavy atom. The summed E-state index contributed by atoms with van der Waals surface area (Å²) in [6.45, 7) is 6.03. The summed E-state index contributed by atoms with van der Waals surface area (Å²) in [5.74, 6) is 0.0183. The molecule has 0 saturated heterocycles. The fourth-order valence-corrected chi connectivity index (χ4v) is 6.18. The monoisotopic (exact) mass is 626 g/mol. The molecule has 1 aromatic carbocycles. The minimum Gasteiger partial charge on any atom is -0.465 e.